The summed E-state index contributed by atoms with van der Waals surface area (Å²) in [6, 6.07) is 10.7. The molecular weight excluding hydrogens is 386 g/mol. The van der Waals surface area contributed by atoms with Crippen LogP contribution in [0.1, 0.15) is 47.2 Å². The second-order valence-corrected chi connectivity index (χ2v) is 8.26. The van der Waals surface area contributed by atoms with Crippen molar-refractivity contribution in [1.29, 1.82) is 0 Å². The van der Waals surface area contributed by atoms with Gasteiger partial charge in [-0.15, -0.1) is 11.3 Å². The SMILES string of the molecule is NC(c1cc(Br)c(Br)s1)c1ccccc1C1CCC1. The lowest BCUT2D eigenvalue weighted by Gasteiger charge is -2.29. The predicted molar refractivity (Wildman–Crippen MR) is 88.8 cm³/mol. The van der Waals surface area contributed by atoms with E-state index in [1.54, 1.807) is 11.3 Å². The van der Waals surface area contributed by atoms with E-state index in [0.29, 0.717) is 5.92 Å². The average molecular weight is 401 g/mol. The normalized spacial score (nSPS) is 17.2. The minimum absolute atomic E-state index is 0.0237. The first kappa shape index (κ1) is 13.8. The summed E-state index contributed by atoms with van der Waals surface area (Å²) < 4.78 is 2.20. The van der Waals surface area contributed by atoms with E-state index in [0.717, 1.165) is 8.26 Å². The molecule has 1 aromatic carbocycles. The smallest absolute Gasteiger partial charge is 0.0843 e. The van der Waals surface area contributed by atoms with Crippen molar-refractivity contribution < 1.29 is 0 Å². The molecule has 1 aliphatic rings. The number of halogens is 2. The molecule has 1 atom stereocenters. The van der Waals surface area contributed by atoms with Crippen LogP contribution in [0.4, 0.5) is 0 Å². The Morgan fingerprint density at radius 1 is 1.21 bits per heavy atom. The molecule has 0 radical (unpaired) electrons. The van der Waals surface area contributed by atoms with Gasteiger partial charge in [-0.3, -0.25) is 0 Å². The predicted octanol–water partition coefficient (Wildman–Crippen LogP) is 5.59. The summed E-state index contributed by atoms with van der Waals surface area (Å²) in [6.07, 6.45) is 3.97. The largest absolute Gasteiger partial charge is 0.320 e. The number of hydrogen-bond acceptors (Lipinski definition) is 2. The van der Waals surface area contributed by atoms with Gasteiger partial charge in [-0.05, 0) is 67.8 Å². The molecule has 0 aliphatic heterocycles. The minimum Gasteiger partial charge on any atom is -0.320 e. The van der Waals surface area contributed by atoms with Crippen molar-refractivity contribution in [2.45, 2.75) is 31.2 Å². The highest BCUT2D eigenvalue weighted by Crippen LogP contribution is 2.42. The second-order valence-electron chi connectivity index (χ2n) is 5.00. The van der Waals surface area contributed by atoms with Gasteiger partial charge in [0.05, 0.1) is 9.83 Å². The Labute approximate surface area is 134 Å². The summed E-state index contributed by atoms with van der Waals surface area (Å²) in [5, 5.41) is 0. The number of thiophene rings is 1. The first-order chi connectivity index (χ1) is 9.16. The molecule has 3 rings (SSSR count). The van der Waals surface area contributed by atoms with E-state index in [1.807, 2.05) is 0 Å². The lowest BCUT2D eigenvalue weighted by molar-refractivity contribution is 0.416. The van der Waals surface area contributed by atoms with Crippen LogP contribution in [0.25, 0.3) is 0 Å². The molecule has 1 saturated carbocycles. The zero-order chi connectivity index (χ0) is 13.4. The lowest BCUT2D eigenvalue weighted by atomic mass is 9.77. The molecule has 4 heteroatoms. The fourth-order valence-corrected chi connectivity index (χ4v) is 4.67. The molecule has 1 unspecified atom stereocenters. The van der Waals surface area contributed by atoms with E-state index in [4.69, 9.17) is 5.73 Å². The molecule has 1 aliphatic carbocycles. The molecule has 19 heavy (non-hydrogen) atoms. The first-order valence-corrected chi connectivity index (χ1v) is 8.86. The zero-order valence-corrected chi connectivity index (χ0v) is 14.4. The van der Waals surface area contributed by atoms with E-state index in [2.05, 4.69) is 62.2 Å². The van der Waals surface area contributed by atoms with Gasteiger partial charge in [-0.2, -0.15) is 0 Å². The number of rotatable bonds is 3. The van der Waals surface area contributed by atoms with Crippen molar-refractivity contribution in [3.63, 3.8) is 0 Å². The molecule has 1 nitrogen and oxygen atoms in total. The van der Waals surface area contributed by atoms with Gasteiger partial charge in [0.2, 0.25) is 0 Å². The van der Waals surface area contributed by atoms with E-state index >= 15 is 0 Å². The third kappa shape index (κ3) is 2.68. The Morgan fingerprint density at radius 3 is 2.53 bits per heavy atom. The van der Waals surface area contributed by atoms with Crippen LogP contribution < -0.4 is 5.73 Å². The maximum atomic E-state index is 6.48. The maximum absolute atomic E-state index is 6.48. The number of benzene rings is 1. The molecule has 2 aromatic rings. The Kier molecular flexibility index (Phi) is 4.13. The van der Waals surface area contributed by atoms with Crippen molar-refractivity contribution in [3.8, 4) is 0 Å². The molecule has 1 heterocycles. The molecule has 1 aromatic heterocycles. The van der Waals surface area contributed by atoms with Gasteiger partial charge in [0, 0.05) is 9.35 Å². The van der Waals surface area contributed by atoms with Crippen LogP contribution in [0.3, 0.4) is 0 Å². The van der Waals surface area contributed by atoms with Gasteiger partial charge in [-0.1, -0.05) is 30.7 Å². The Morgan fingerprint density at radius 2 is 1.95 bits per heavy atom. The van der Waals surface area contributed by atoms with Crippen LogP contribution in [-0.4, -0.2) is 0 Å². The summed E-state index contributed by atoms with van der Waals surface area (Å²) in [5.41, 5.74) is 9.22. The van der Waals surface area contributed by atoms with Crippen molar-refractivity contribution in [2.75, 3.05) is 0 Å². The maximum Gasteiger partial charge on any atom is 0.0843 e. The van der Waals surface area contributed by atoms with Gasteiger partial charge in [0.1, 0.15) is 0 Å². The summed E-state index contributed by atoms with van der Waals surface area (Å²) in [6.45, 7) is 0. The second kappa shape index (κ2) is 5.68. The lowest BCUT2D eigenvalue weighted by Crippen LogP contribution is -2.17. The van der Waals surface area contributed by atoms with E-state index in [-0.39, 0.29) is 6.04 Å². The Hall–Kier alpha value is -0.160. The summed E-state index contributed by atoms with van der Waals surface area (Å²) in [5.74, 6) is 0.717. The highest BCUT2D eigenvalue weighted by Gasteiger charge is 2.25. The molecule has 0 amide bonds. The minimum atomic E-state index is -0.0237. The van der Waals surface area contributed by atoms with Gasteiger partial charge >= 0.3 is 0 Å². The van der Waals surface area contributed by atoms with Crippen molar-refractivity contribution >= 4 is 43.2 Å². The highest BCUT2D eigenvalue weighted by molar-refractivity contribution is 9.13. The Bertz CT molecular complexity index is 570. The molecule has 0 bridgehead atoms. The van der Waals surface area contributed by atoms with E-state index < -0.39 is 0 Å². The average Bonchev–Trinajstić information content (AvgIpc) is 2.67. The fourth-order valence-electron chi connectivity index (χ4n) is 2.56. The van der Waals surface area contributed by atoms with Crippen LogP contribution in [0.15, 0.2) is 38.6 Å². The molecular formula is C15H15Br2NS. The monoisotopic (exact) mass is 399 g/mol. The van der Waals surface area contributed by atoms with Gasteiger partial charge in [0.25, 0.3) is 0 Å². The molecule has 0 spiro atoms. The van der Waals surface area contributed by atoms with Gasteiger partial charge in [-0.25, -0.2) is 0 Å². The molecule has 0 saturated heterocycles. The topological polar surface area (TPSA) is 26.0 Å². The van der Waals surface area contributed by atoms with Crippen LogP contribution in [0.5, 0.6) is 0 Å². The van der Waals surface area contributed by atoms with Crippen LogP contribution >= 0.6 is 43.2 Å². The quantitative estimate of drug-likeness (QED) is 0.713. The van der Waals surface area contributed by atoms with E-state index in [1.165, 1.54) is 35.3 Å². The summed E-state index contributed by atoms with van der Waals surface area (Å²) in [7, 11) is 0. The zero-order valence-electron chi connectivity index (χ0n) is 10.4. The third-order valence-corrected chi connectivity index (χ3v) is 7.19. The molecule has 100 valence electrons. The summed E-state index contributed by atoms with van der Waals surface area (Å²) >= 11 is 8.79. The standard InChI is InChI=1S/C15H15Br2NS/c16-12-8-13(19-15(12)17)14(18)11-7-2-1-6-10(11)9-4-3-5-9/h1-2,6-9,14H,3-5,18H2. The van der Waals surface area contributed by atoms with Gasteiger partial charge < -0.3 is 5.73 Å². The first-order valence-electron chi connectivity index (χ1n) is 6.46. The number of nitrogens with two attached hydrogens (primary N) is 1. The molecule has 1 fully saturated rings. The van der Waals surface area contributed by atoms with Crippen molar-refractivity contribution in [1.82, 2.24) is 0 Å². The van der Waals surface area contributed by atoms with Crippen LogP contribution in [0, 0.1) is 0 Å². The van der Waals surface area contributed by atoms with E-state index in [9.17, 15) is 0 Å². The fraction of sp³-hybridized carbons (Fsp3) is 0.333. The van der Waals surface area contributed by atoms with Crippen LogP contribution in [0.2, 0.25) is 0 Å². The summed E-state index contributed by atoms with van der Waals surface area (Å²) in [4.78, 5) is 1.20. The molecule has 2 N–H and O–H groups in total. The Balaban J connectivity index is 1.96. The number of hydrogen-bond donors (Lipinski definition) is 1. The highest BCUT2D eigenvalue weighted by atomic mass is 79.9. The third-order valence-electron chi connectivity index (χ3n) is 3.85. The van der Waals surface area contributed by atoms with Crippen molar-refractivity contribution in [3.05, 3.63) is 54.6 Å². The van der Waals surface area contributed by atoms with Gasteiger partial charge in [0.15, 0.2) is 0 Å². The van der Waals surface area contributed by atoms with Crippen molar-refractivity contribution in [2.24, 2.45) is 5.73 Å². The van der Waals surface area contributed by atoms with Crippen LogP contribution in [-0.2, 0) is 0 Å².